The predicted octanol–water partition coefficient (Wildman–Crippen LogP) is 0.199. The van der Waals surface area contributed by atoms with Gasteiger partial charge in [0.2, 0.25) is 11.9 Å². The predicted molar refractivity (Wildman–Crippen MR) is 94.0 cm³/mol. The number of hydrogen-bond donors (Lipinski definition) is 1. The van der Waals surface area contributed by atoms with Gasteiger partial charge in [-0.3, -0.25) is 9.69 Å². The van der Waals surface area contributed by atoms with Crippen LogP contribution >= 0.6 is 0 Å². The third kappa shape index (κ3) is 4.88. The summed E-state index contributed by atoms with van der Waals surface area (Å²) >= 11 is 0. The summed E-state index contributed by atoms with van der Waals surface area (Å²) in [6.45, 7) is 6.38. The van der Waals surface area contributed by atoms with Gasteiger partial charge in [-0.2, -0.15) is 0 Å². The maximum atomic E-state index is 12.4. The molecule has 0 radical (unpaired) electrons. The monoisotopic (exact) mass is 332 g/mol. The highest BCUT2D eigenvalue weighted by atomic mass is 16.2. The molecule has 24 heavy (non-hydrogen) atoms. The van der Waals surface area contributed by atoms with Crippen molar-refractivity contribution in [2.75, 3.05) is 57.8 Å². The van der Waals surface area contributed by atoms with Crippen LogP contribution in [0.15, 0.2) is 18.5 Å². The molecule has 0 bridgehead atoms. The van der Waals surface area contributed by atoms with E-state index in [0.717, 1.165) is 64.5 Å². The lowest BCUT2D eigenvalue weighted by molar-refractivity contribution is -0.123. The lowest BCUT2D eigenvalue weighted by Gasteiger charge is -2.33. The van der Waals surface area contributed by atoms with Gasteiger partial charge in [-0.15, -0.1) is 0 Å². The summed E-state index contributed by atoms with van der Waals surface area (Å²) in [5, 5.41) is 3.21. The molecule has 7 nitrogen and oxygen atoms in total. The maximum absolute atomic E-state index is 12.4. The Hall–Kier alpha value is -1.73. The van der Waals surface area contributed by atoms with Crippen LogP contribution in [0.3, 0.4) is 0 Å². The molecule has 1 N–H and O–H groups in total. The van der Waals surface area contributed by atoms with Crippen LogP contribution in [0.1, 0.15) is 19.3 Å². The fraction of sp³-hybridized carbons (Fsp3) is 0.706. The number of carbonyl (C=O) groups is 1. The van der Waals surface area contributed by atoms with E-state index in [1.165, 1.54) is 0 Å². The Morgan fingerprint density at radius 3 is 2.83 bits per heavy atom. The van der Waals surface area contributed by atoms with E-state index in [0.29, 0.717) is 6.54 Å². The van der Waals surface area contributed by atoms with E-state index in [4.69, 9.17) is 0 Å². The van der Waals surface area contributed by atoms with Gasteiger partial charge < -0.3 is 15.1 Å². The van der Waals surface area contributed by atoms with E-state index in [1.54, 1.807) is 12.4 Å². The zero-order valence-electron chi connectivity index (χ0n) is 14.5. The molecule has 1 atom stereocenters. The molecule has 0 aromatic carbocycles. The van der Waals surface area contributed by atoms with Crippen molar-refractivity contribution < 1.29 is 4.79 Å². The Morgan fingerprint density at radius 1 is 1.17 bits per heavy atom. The van der Waals surface area contributed by atoms with Gasteiger partial charge >= 0.3 is 0 Å². The normalized spacial score (nSPS) is 23.7. The van der Waals surface area contributed by atoms with Gasteiger partial charge in [0.1, 0.15) is 0 Å². The molecule has 2 aliphatic rings. The van der Waals surface area contributed by atoms with Gasteiger partial charge in [-0.05, 0) is 45.5 Å². The van der Waals surface area contributed by atoms with E-state index < -0.39 is 0 Å². The van der Waals surface area contributed by atoms with Crippen LogP contribution in [0.4, 0.5) is 5.95 Å². The molecule has 3 heterocycles. The summed E-state index contributed by atoms with van der Waals surface area (Å²) in [6.07, 6.45) is 6.74. The van der Waals surface area contributed by atoms with Crippen molar-refractivity contribution in [3.05, 3.63) is 18.5 Å². The Balaban J connectivity index is 1.47. The Bertz CT molecular complexity index is 525. The van der Waals surface area contributed by atoms with Crippen molar-refractivity contribution in [2.24, 2.45) is 0 Å². The molecule has 2 aliphatic heterocycles. The summed E-state index contributed by atoms with van der Waals surface area (Å²) < 4.78 is 0. The first kappa shape index (κ1) is 17.1. The van der Waals surface area contributed by atoms with E-state index in [9.17, 15) is 4.79 Å². The minimum absolute atomic E-state index is 0.139. The van der Waals surface area contributed by atoms with E-state index in [1.807, 2.05) is 6.07 Å². The summed E-state index contributed by atoms with van der Waals surface area (Å²) in [7, 11) is 2.14. The smallest absolute Gasteiger partial charge is 0.234 e. The van der Waals surface area contributed by atoms with Gasteiger partial charge in [0.05, 0.1) is 6.54 Å². The highest BCUT2D eigenvalue weighted by Gasteiger charge is 2.24. The molecular formula is C17H28N6O. The van der Waals surface area contributed by atoms with Crippen molar-refractivity contribution >= 4 is 11.9 Å². The molecule has 2 saturated heterocycles. The number of likely N-dealkylation sites (N-methyl/N-ethyl adjacent to an activating group) is 1. The van der Waals surface area contributed by atoms with E-state index in [-0.39, 0.29) is 11.9 Å². The molecule has 3 rings (SSSR count). The molecule has 132 valence electrons. The molecule has 7 heteroatoms. The second-order valence-electron chi connectivity index (χ2n) is 6.83. The average molecular weight is 332 g/mol. The molecule has 0 saturated carbocycles. The summed E-state index contributed by atoms with van der Waals surface area (Å²) in [5.41, 5.74) is 0. The number of amides is 1. The number of aromatic nitrogens is 2. The average Bonchev–Trinajstić information content (AvgIpc) is 2.80. The molecule has 0 unspecified atom stereocenters. The van der Waals surface area contributed by atoms with Crippen molar-refractivity contribution in [1.29, 1.82) is 0 Å². The SMILES string of the molecule is CN1CCCN(CC(=O)N[C@H]2CCCN(c3ncccn3)C2)CC1. The first-order chi connectivity index (χ1) is 11.7. The van der Waals surface area contributed by atoms with Crippen molar-refractivity contribution in [3.63, 3.8) is 0 Å². The number of nitrogens with one attached hydrogen (secondary N) is 1. The van der Waals surface area contributed by atoms with Crippen molar-refractivity contribution in [3.8, 4) is 0 Å². The second-order valence-corrected chi connectivity index (χ2v) is 6.83. The minimum atomic E-state index is 0.139. The number of carbonyl (C=O) groups excluding carboxylic acids is 1. The summed E-state index contributed by atoms with van der Waals surface area (Å²) in [5.74, 6) is 0.896. The van der Waals surface area contributed by atoms with Crippen LogP contribution < -0.4 is 10.2 Å². The molecule has 2 fully saturated rings. The van der Waals surface area contributed by atoms with Crippen LogP contribution in [-0.4, -0.2) is 84.6 Å². The van der Waals surface area contributed by atoms with Gasteiger partial charge in [-0.1, -0.05) is 0 Å². The van der Waals surface area contributed by atoms with Gasteiger partial charge in [0.25, 0.3) is 0 Å². The van der Waals surface area contributed by atoms with Crippen LogP contribution in [0.5, 0.6) is 0 Å². The van der Waals surface area contributed by atoms with E-state index >= 15 is 0 Å². The van der Waals surface area contributed by atoms with Crippen LogP contribution in [-0.2, 0) is 4.79 Å². The molecule has 0 aliphatic carbocycles. The highest BCUT2D eigenvalue weighted by Crippen LogP contribution is 2.15. The minimum Gasteiger partial charge on any atom is -0.350 e. The Morgan fingerprint density at radius 2 is 2.00 bits per heavy atom. The number of piperidine rings is 1. The largest absolute Gasteiger partial charge is 0.350 e. The first-order valence-corrected chi connectivity index (χ1v) is 8.93. The molecule has 1 aromatic heterocycles. The summed E-state index contributed by atoms with van der Waals surface area (Å²) in [6, 6.07) is 2.01. The fourth-order valence-corrected chi connectivity index (χ4v) is 3.47. The molecule has 1 aromatic rings. The molecular weight excluding hydrogens is 304 g/mol. The van der Waals surface area contributed by atoms with Crippen molar-refractivity contribution in [1.82, 2.24) is 25.1 Å². The zero-order valence-corrected chi connectivity index (χ0v) is 14.5. The number of hydrogen-bond acceptors (Lipinski definition) is 6. The lowest BCUT2D eigenvalue weighted by atomic mass is 10.1. The fourth-order valence-electron chi connectivity index (χ4n) is 3.47. The quantitative estimate of drug-likeness (QED) is 0.850. The third-order valence-electron chi connectivity index (χ3n) is 4.80. The van der Waals surface area contributed by atoms with Gasteiger partial charge in [-0.25, -0.2) is 9.97 Å². The molecule has 0 spiro atoms. The van der Waals surface area contributed by atoms with Crippen molar-refractivity contribution in [2.45, 2.75) is 25.3 Å². The van der Waals surface area contributed by atoms with Gasteiger partial charge in [0, 0.05) is 44.6 Å². The Kier molecular flexibility index (Phi) is 5.98. The standard InChI is InChI=1S/C17H28N6O/c1-21-8-4-9-22(12-11-21)14-16(24)20-15-5-2-10-23(13-15)17-18-6-3-7-19-17/h3,6-7,15H,2,4-5,8-14H2,1H3,(H,20,24)/t15-/m0/s1. The lowest BCUT2D eigenvalue weighted by Crippen LogP contribution is -2.50. The highest BCUT2D eigenvalue weighted by molar-refractivity contribution is 5.78. The number of rotatable bonds is 4. The van der Waals surface area contributed by atoms with Gasteiger partial charge in [0.15, 0.2) is 0 Å². The topological polar surface area (TPSA) is 64.6 Å². The summed E-state index contributed by atoms with van der Waals surface area (Å²) in [4.78, 5) is 27.8. The number of nitrogens with zero attached hydrogens (tertiary/aromatic N) is 5. The Labute approximate surface area is 144 Å². The third-order valence-corrected chi connectivity index (χ3v) is 4.80. The number of anilines is 1. The molecule has 1 amide bonds. The van der Waals surface area contributed by atoms with E-state index in [2.05, 4.69) is 37.0 Å². The second kappa shape index (κ2) is 8.39. The van der Waals surface area contributed by atoms with Crippen LogP contribution in [0, 0.1) is 0 Å². The van der Waals surface area contributed by atoms with Crippen LogP contribution in [0.25, 0.3) is 0 Å². The maximum Gasteiger partial charge on any atom is 0.234 e. The van der Waals surface area contributed by atoms with Crippen LogP contribution in [0.2, 0.25) is 0 Å². The first-order valence-electron chi connectivity index (χ1n) is 8.93. The zero-order chi connectivity index (χ0) is 16.8.